The van der Waals surface area contributed by atoms with E-state index in [4.69, 9.17) is 0 Å². The minimum atomic E-state index is 0.224. The van der Waals surface area contributed by atoms with E-state index in [2.05, 4.69) is 44.3 Å². The summed E-state index contributed by atoms with van der Waals surface area (Å²) in [7, 11) is 0. The number of hydrogen-bond donors (Lipinski definition) is 1. The van der Waals surface area contributed by atoms with E-state index in [9.17, 15) is 4.79 Å². The lowest BCUT2D eigenvalue weighted by molar-refractivity contribution is -0.117. The summed E-state index contributed by atoms with van der Waals surface area (Å²) in [6, 6.07) is 6.52. The van der Waals surface area contributed by atoms with Crippen LogP contribution in [0, 0.1) is 11.8 Å². The molecule has 0 saturated heterocycles. The van der Waals surface area contributed by atoms with Crippen LogP contribution in [-0.4, -0.2) is 5.91 Å². The van der Waals surface area contributed by atoms with E-state index in [0.717, 1.165) is 24.4 Å². The van der Waals surface area contributed by atoms with Gasteiger partial charge < -0.3 is 5.32 Å². The Morgan fingerprint density at radius 3 is 2.30 bits per heavy atom. The monoisotopic (exact) mass is 271 g/mol. The van der Waals surface area contributed by atoms with E-state index in [1.165, 1.54) is 24.0 Å². The predicted octanol–water partition coefficient (Wildman–Crippen LogP) is 4.67. The van der Waals surface area contributed by atoms with Crippen LogP contribution in [0.3, 0.4) is 0 Å². The molecule has 108 valence electrons. The Balaban J connectivity index is 1.94. The van der Waals surface area contributed by atoms with Crippen molar-refractivity contribution >= 4 is 11.6 Å². The van der Waals surface area contributed by atoms with Gasteiger partial charge in [-0.05, 0) is 54.6 Å². The fraction of sp³-hybridized carbons (Fsp3) is 0.611. The van der Waals surface area contributed by atoms with E-state index in [-0.39, 0.29) is 11.8 Å². The molecule has 1 N–H and O–H groups in total. The van der Waals surface area contributed by atoms with Gasteiger partial charge in [-0.15, -0.1) is 0 Å². The molecule has 0 bridgehead atoms. The van der Waals surface area contributed by atoms with Crippen molar-refractivity contribution < 1.29 is 4.79 Å². The number of rotatable bonds is 5. The molecule has 1 aromatic rings. The van der Waals surface area contributed by atoms with Crippen molar-refractivity contribution in [2.24, 2.45) is 11.8 Å². The van der Waals surface area contributed by atoms with E-state index < -0.39 is 0 Å². The van der Waals surface area contributed by atoms with Crippen LogP contribution in [0.4, 0.5) is 5.69 Å². The molecule has 1 aromatic carbocycles. The van der Waals surface area contributed by atoms with Gasteiger partial charge in [-0.25, -0.2) is 0 Å². The topological polar surface area (TPSA) is 29.1 Å². The second kappa shape index (κ2) is 5.23. The second-order valence-electron chi connectivity index (χ2n) is 6.86. The summed E-state index contributed by atoms with van der Waals surface area (Å²) in [5, 5.41) is 3.25. The largest absolute Gasteiger partial charge is 0.325 e. The van der Waals surface area contributed by atoms with Gasteiger partial charge >= 0.3 is 0 Å². The van der Waals surface area contributed by atoms with Gasteiger partial charge in [-0.3, -0.25) is 4.79 Å². The Morgan fingerprint density at radius 2 is 1.75 bits per heavy atom. The quantitative estimate of drug-likeness (QED) is 0.828. The van der Waals surface area contributed by atoms with Gasteiger partial charge in [0.25, 0.3) is 0 Å². The van der Waals surface area contributed by atoms with Gasteiger partial charge in [0.05, 0.1) is 0 Å². The lowest BCUT2D eigenvalue weighted by Gasteiger charge is -2.22. The summed E-state index contributed by atoms with van der Waals surface area (Å²) in [4.78, 5) is 12.2. The third-order valence-electron chi connectivity index (χ3n) is 4.77. The lowest BCUT2D eigenvalue weighted by Crippen LogP contribution is -2.17. The molecule has 0 aliphatic heterocycles. The van der Waals surface area contributed by atoms with Crippen molar-refractivity contribution in [3.63, 3.8) is 0 Å². The third kappa shape index (κ3) is 2.74. The Hall–Kier alpha value is -1.31. The second-order valence-corrected chi connectivity index (χ2v) is 6.86. The van der Waals surface area contributed by atoms with Crippen molar-refractivity contribution in [3.05, 3.63) is 29.3 Å². The molecule has 0 heterocycles. The molecule has 0 aromatic heterocycles. The molecule has 1 atom stereocenters. The maximum absolute atomic E-state index is 12.2. The Morgan fingerprint density at radius 1 is 1.10 bits per heavy atom. The molecule has 20 heavy (non-hydrogen) atoms. The van der Waals surface area contributed by atoms with Crippen LogP contribution in [0.1, 0.15) is 69.4 Å². The molecular weight excluding hydrogens is 246 g/mol. The fourth-order valence-corrected chi connectivity index (χ4v) is 3.01. The smallest absolute Gasteiger partial charge is 0.227 e. The summed E-state index contributed by atoms with van der Waals surface area (Å²) in [6.07, 6.45) is 4.79. The van der Waals surface area contributed by atoms with Crippen molar-refractivity contribution in [1.82, 2.24) is 0 Å². The third-order valence-corrected chi connectivity index (χ3v) is 4.77. The van der Waals surface area contributed by atoms with Crippen LogP contribution in [0.2, 0.25) is 0 Å². The molecule has 2 heteroatoms. The van der Waals surface area contributed by atoms with E-state index in [1.54, 1.807) is 0 Å². The van der Waals surface area contributed by atoms with Crippen LogP contribution < -0.4 is 5.32 Å². The zero-order valence-corrected chi connectivity index (χ0v) is 12.8. The minimum absolute atomic E-state index is 0.224. The van der Waals surface area contributed by atoms with Crippen LogP contribution in [-0.2, 0) is 4.79 Å². The van der Waals surface area contributed by atoms with Gasteiger partial charge in [0.1, 0.15) is 0 Å². The number of carbonyl (C=O) groups excluding carboxylic acids is 1. The number of nitrogens with one attached hydrogen (secondary N) is 1. The van der Waals surface area contributed by atoms with Crippen LogP contribution in [0.5, 0.6) is 0 Å². The minimum Gasteiger partial charge on any atom is -0.325 e. The summed E-state index contributed by atoms with van der Waals surface area (Å²) in [6.45, 7) is 6.71. The number of anilines is 1. The molecule has 1 amide bonds. The lowest BCUT2D eigenvalue weighted by atomic mass is 9.89. The maximum atomic E-state index is 12.2. The number of carbonyl (C=O) groups is 1. The number of para-hydroxylation sites is 1. The normalized spacial score (nSPS) is 20.0. The SMILES string of the molecule is CC(C)c1cccc([C@H](C)C2CC2)c1NC(=O)C1CC1. The first-order valence-electron chi connectivity index (χ1n) is 8.01. The first-order chi connectivity index (χ1) is 9.58. The fourth-order valence-electron chi connectivity index (χ4n) is 3.01. The average molecular weight is 271 g/mol. The van der Waals surface area contributed by atoms with Crippen molar-refractivity contribution in [2.75, 3.05) is 5.32 Å². The van der Waals surface area contributed by atoms with Gasteiger partial charge in [0.2, 0.25) is 5.91 Å². The zero-order chi connectivity index (χ0) is 14.3. The summed E-state index contributed by atoms with van der Waals surface area (Å²) in [5.41, 5.74) is 3.73. The number of hydrogen-bond acceptors (Lipinski definition) is 1. The highest BCUT2D eigenvalue weighted by Gasteiger charge is 2.33. The van der Waals surface area contributed by atoms with Gasteiger partial charge in [-0.2, -0.15) is 0 Å². The predicted molar refractivity (Wildman–Crippen MR) is 83.0 cm³/mol. The number of amides is 1. The molecule has 0 unspecified atom stereocenters. The molecule has 2 nitrogen and oxygen atoms in total. The highest BCUT2D eigenvalue weighted by Crippen LogP contribution is 2.46. The standard InChI is InChI=1S/C18H25NO/c1-11(2)15-5-4-6-16(12(3)13-7-8-13)17(15)19-18(20)14-9-10-14/h4-6,11-14H,7-10H2,1-3H3,(H,19,20)/t12-/m1/s1. The van der Waals surface area contributed by atoms with Gasteiger partial charge in [0.15, 0.2) is 0 Å². The molecule has 2 aliphatic carbocycles. The summed E-state index contributed by atoms with van der Waals surface area (Å²) in [5.74, 6) is 2.30. The molecule has 0 radical (unpaired) electrons. The molecule has 2 fully saturated rings. The van der Waals surface area contributed by atoms with Crippen molar-refractivity contribution in [3.8, 4) is 0 Å². The van der Waals surface area contributed by atoms with Gasteiger partial charge in [0, 0.05) is 11.6 Å². The first-order valence-corrected chi connectivity index (χ1v) is 8.01. The Kier molecular flexibility index (Phi) is 3.57. The molecule has 0 spiro atoms. The van der Waals surface area contributed by atoms with E-state index in [1.807, 2.05) is 0 Å². The van der Waals surface area contributed by atoms with Crippen LogP contribution in [0.25, 0.3) is 0 Å². The van der Waals surface area contributed by atoms with Crippen molar-refractivity contribution in [2.45, 2.75) is 58.3 Å². The molecule has 2 saturated carbocycles. The summed E-state index contributed by atoms with van der Waals surface area (Å²) < 4.78 is 0. The van der Waals surface area contributed by atoms with E-state index >= 15 is 0 Å². The first kappa shape index (κ1) is 13.7. The maximum Gasteiger partial charge on any atom is 0.227 e. The highest BCUT2D eigenvalue weighted by atomic mass is 16.2. The van der Waals surface area contributed by atoms with Crippen molar-refractivity contribution in [1.29, 1.82) is 0 Å². The molecule has 2 aliphatic rings. The molecule has 3 rings (SSSR count). The molecular formula is C18H25NO. The van der Waals surface area contributed by atoms with E-state index in [0.29, 0.717) is 11.8 Å². The summed E-state index contributed by atoms with van der Waals surface area (Å²) >= 11 is 0. The van der Waals surface area contributed by atoms with Crippen LogP contribution >= 0.6 is 0 Å². The Bertz CT molecular complexity index is 512. The Labute approximate surface area is 122 Å². The average Bonchev–Trinajstić information content (AvgIpc) is 3.30. The number of benzene rings is 1. The van der Waals surface area contributed by atoms with Gasteiger partial charge in [-0.1, -0.05) is 39.0 Å². The van der Waals surface area contributed by atoms with Crippen LogP contribution in [0.15, 0.2) is 18.2 Å². The zero-order valence-electron chi connectivity index (χ0n) is 12.8. The highest BCUT2D eigenvalue weighted by molar-refractivity contribution is 5.95.